The SMILES string of the molecule is NCC(NC(=O)c1cccc(N)n1)C1CC1. The number of aromatic nitrogens is 1. The highest BCUT2D eigenvalue weighted by Crippen LogP contribution is 2.32. The molecule has 1 aliphatic carbocycles. The van der Waals surface area contributed by atoms with Crippen LogP contribution in [-0.2, 0) is 0 Å². The molecule has 0 aliphatic heterocycles. The van der Waals surface area contributed by atoms with Gasteiger partial charge in [-0.2, -0.15) is 0 Å². The van der Waals surface area contributed by atoms with Crippen molar-refractivity contribution in [2.45, 2.75) is 18.9 Å². The van der Waals surface area contributed by atoms with E-state index in [1.807, 2.05) is 0 Å². The Hall–Kier alpha value is -1.62. The minimum Gasteiger partial charge on any atom is -0.384 e. The maximum absolute atomic E-state index is 11.8. The van der Waals surface area contributed by atoms with E-state index in [1.54, 1.807) is 18.2 Å². The Balaban J connectivity index is 2.01. The molecule has 5 N–H and O–H groups in total. The number of nitrogens with zero attached hydrogens (tertiary/aromatic N) is 1. The Morgan fingerprint density at radius 1 is 1.56 bits per heavy atom. The number of carbonyl (C=O) groups is 1. The summed E-state index contributed by atoms with van der Waals surface area (Å²) in [7, 11) is 0. The van der Waals surface area contributed by atoms with Crippen molar-refractivity contribution in [1.29, 1.82) is 0 Å². The van der Waals surface area contributed by atoms with Crippen molar-refractivity contribution >= 4 is 11.7 Å². The first-order valence-electron chi connectivity index (χ1n) is 5.44. The van der Waals surface area contributed by atoms with E-state index in [1.165, 1.54) is 0 Å². The molecular formula is C11H16N4O. The highest BCUT2D eigenvalue weighted by atomic mass is 16.1. The average Bonchev–Trinajstić information content (AvgIpc) is 3.09. The monoisotopic (exact) mass is 220 g/mol. The Kier molecular flexibility index (Phi) is 3.05. The van der Waals surface area contributed by atoms with Gasteiger partial charge in [0.2, 0.25) is 0 Å². The fourth-order valence-electron chi connectivity index (χ4n) is 1.69. The fourth-order valence-corrected chi connectivity index (χ4v) is 1.69. The van der Waals surface area contributed by atoms with Crippen LogP contribution in [0.3, 0.4) is 0 Å². The van der Waals surface area contributed by atoms with E-state index in [-0.39, 0.29) is 11.9 Å². The molecule has 0 spiro atoms. The molecular weight excluding hydrogens is 204 g/mol. The van der Waals surface area contributed by atoms with E-state index < -0.39 is 0 Å². The van der Waals surface area contributed by atoms with Crippen LogP contribution >= 0.6 is 0 Å². The van der Waals surface area contributed by atoms with Crippen LogP contribution in [0, 0.1) is 5.92 Å². The number of nitrogens with one attached hydrogen (secondary N) is 1. The predicted octanol–water partition coefficient (Wildman–Crippen LogP) is 0.131. The van der Waals surface area contributed by atoms with Gasteiger partial charge in [0, 0.05) is 12.6 Å². The maximum Gasteiger partial charge on any atom is 0.270 e. The lowest BCUT2D eigenvalue weighted by Crippen LogP contribution is -2.42. The molecule has 2 rings (SSSR count). The smallest absolute Gasteiger partial charge is 0.270 e. The zero-order valence-corrected chi connectivity index (χ0v) is 9.02. The molecule has 1 aromatic heterocycles. The number of carbonyl (C=O) groups excluding carboxylic acids is 1. The summed E-state index contributed by atoms with van der Waals surface area (Å²) < 4.78 is 0. The average molecular weight is 220 g/mol. The third-order valence-corrected chi connectivity index (χ3v) is 2.76. The van der Waals surface area contributed by atoms with Crippen molar-refractivity contribution < 1.29 is 4.79 Å². The van der Waals surface area contributed by atoms with Crippen molar-refractivity contribution in [1.82, 2.24) is 10.3 Å². The first-order valence-corrected chi connectivity index (χ1v) is 5.44. The summed E-state index contributed by atoms with van der Waals surface area (Å²) in [5.41, 5.74) is 11.5. The number of nitrogens with two attached hydrogens (primary N) is 2. The fraction of sp³-hybridized carbons (Fsp3) is 0.455. The summed E-state index contributed by atoms with van der Waals surface area (Å²) in [6.07, 6.45) is 2.29. The predicted molar refractivity (Wildman–Crippen MR) is 61.7 cm³/mol. The molecule has 5 heteroatoms. The molecule has 0 aromatic carbocycles. The molecule has 1 aromatic rings. The van der Waals surface area contributed by atoms with Crippen LogP contribution in [0.1, 0.15) is 23.3 Å². The van der Waals surface area contributed by atoms with Gasteiger partial charge < -0.3 is 16.8 Å². The van der Waals surface area contributed by atoms with Crippen LogP contribution in [0.5, 0.6) is 0 Å². The second-order valence-electron chi connectivity index (χ2n) is 4.10. The van der Waals surface area contributed by atoms with Crippen LogP contribution in [0.15, 0.2) is 18.2 Å². The van der Waals surface area contributed by atoms with Gasteiger partial charge in [-0.15, -0.1) is 0 Å². The summed E-state index contributed by atoms with van der Waals surface area (Å²) >= 11 is 0. The van der Waals surface area contributed by atoms with Gasteiger partial charge in [0.25, 0.3) is 5.91 Å². The lowest BCUT2D eigenvalue weighted by molar-refractivity contribution is 0.0928. The van der Waals surface area contributed by atoms with E-state index in [0.29, 0.717) is 24.0 Å². The van der Waals surface area contributed by atoms with Crippen molar-refractivity contribution in [3.63, 3.8) is 0 Å². The van der Waals surface area contributed by atoms with Gasteiger partial charge in [0.05, 0.1) is 0 Å². The van der Waals surface area contributed by atoms with Crippen LogP contribution in [-0.4, -0.2) is 23.5 Å². The molecule has 86 valence electrons. The molecule has 1 aliphatic rings. The van der Waals surface area contributed by atoms with Crippen LogP contribution in [0.4, 0.5) is 5.82 Å². The van der Waals surface area contributed by atoms with Gasteiger partial charge in [-0.3, -0.25) is 4.79 Å². The number of hydrogen-bond donors (Lipinski definition) is 3. The lowest BCUT2D eigenvalue weighted by Gasteiger charge is -2.15. The first kappa shape index (κ1) is 10.9. The van der Waals surface area contributed by atoms with Crippen molar-refractivity contribution in [3.05, 3.63) is 23.9 Å². The molecule has 1 atom stereocenters. The summed E-state index contributed by atoms with van der Waals surface area (Å²) in [6.45, 7) is 0.471. The Morgan fingerprint density at radius 2 is 2.31 bits per heavy atom. The summed E-state index contributed by atoms with van der Waals surface area (Å²) in [4.78, 5) is 15.8. The zero-order valence-electron chi connectivity index (χ0n) is 9.02. The van der Waals surface area contributed by atoms with E-state index in [2.05, 4.69) is 10.3 Å². The second kappa shape index (κ2) is 4.49. The van der Waals surface area contributed by atoms with Gasteiger partial charge >= 0.3 is 0 Å². The lowest BCUT2D eigenvalue weighted by atomic mass is 10.2. The van der Waals surface area contributed by atoms with E-state index >= 15 is 0 Å². The van der Waals surface area contributed by atoms with Gasteiger partial charge in [-0.05, 0) is 30.9 Å². The minimum atomic E-state index is -0.199. The molecule has 0 saturated heterocycles. The normalized spacial score (nSPS) is 16.8. The quantitative estimate of drug-likeness (QED) is 0.672. The third-order valence-electron chi connectivity index (χ3n) is 2.76. The van der Waals surface area contributed by atoms with Gasteiger partial charge in [0.1, 0.15) is 11.5 Å². The minimum absolute atomic E-state index is 0.0655. The molecule has 5 nitrogen and oxygen atoms in total. The largest absolute Gasteiger partial charge is 0.384 e. The Bertz CT molecular complexity index is 389. The molecule has 1 unspecified atom stereocenters. The van der Waals surface area contributed by atoms with E-state index in [4.69, 9.17) is 11.5 Å². The first-order chi connectivity index (χ1) is 7.70. The van der Waals surface area contributed by atoms with E-state index in [0.717, 1.165) is 12.8 Å². The Labute approximate surface area is 94.2 Å². The van der Waals surface area contributed by atoms with Crippen LogP contribution < -0.4 is 16.8 Å². The number of rotatable bonds is 4. The van der Waals surface area contributed by atoms with Crippen molar-refractivity contribution in [3.8, 4) is 0 Å². The Morgan fingerprint density at radius 3 is 2.88 bits per heavy atom. The summed E-state index contributed by atoms with van der Waals surface area (Å²) in [5.74, 6) is 0.688. The van der Waals surface area contributed by atoms with Crippen molar-refractivity contribution in [2.75, 3.05) is 12.3 Å². The molecule has 0 radical (unpaired) electrons. The maximum atomic E-state index is 11.8. The zero-order chi connectivity index (χ0) is 11.5. The van der Waals surface area contributed by atoms with Gasteiger partial charge in [-0.25, -0.2) is 4.98 Å². The standard InChI is InChI=1S/C11H16N4O/c12-6-9(7-4-5-7)15-11(16)8-2-1-3-10(13)14-8/h1-3,7,9H,4-6,12H2,(H2,13,14)(H,15,16). The molecule has 16 heavy (non-hydrogen) atoms. The summed E-state index contributed by atoms with van der Waals surface area (Å²) in [6, 6.07) is 5.08. The third kappa shape index (κ3) is 2.49. The number of amides is 1. The number of anilines is 1. The number of pyridine rings is 1. The molecule has 0 bridgehead atoms. The molecule has 1 fully saturated rings. The molecule has 1 saturated carbocycles. The molecule has 1 heterocycles. The highest BCUT2D eigenvalue weighted by Gasteiger charge is 2.31. The van der Waals surface area contributed by atoms with Crippen LogP contribution in [0.2, 0.25) is 0 Å². The van der Waals surface area contributed by atoms with Crippen molar-refractivity contribution in [2.24, 2.45) is 11.7 Å². The molecule has 1 amide bonds. The van der Waals surface area contributed by atoms with Crippen LogP contribution in [0.25, 0.3) is 0 Å². The highest BCUT2D eigenvalue weighted by molar-refractivity contribution is 5.92. The number of hydrogen-bond acceptors (Lipinski definition) is 4. The summed E-state index contributed by atoms with van der Waals surface area (Å²) in [5, 5.41) is 2.89. The van der Waals surface area contributed by atoms with Gasteiger partial charge in [0.15, 0.2) is 0 Å². The second-order valence-corrected chi connectivity index (χ2v) is 4.10. The van der Waals surface area contributed by atoms with E-state index in [9.17, 15) is 4.79 Å². The topological polar surface area (TPSA) is 94.0 Å². The van der Waals surface area contributed by atoms with Gasteiger partial charge in [-0.1, -0.05) is 6.07 Å². The number of nitrogen functional groups attached to an aromatic ring is 1.